The monoisotopic (exact) mass is 224 g/mol. The van der Waals surface area contributed by atoms with Crippen LogP contribution in [0.5, 0.6) is 0 Å². The van der Waals surface area contributed by atoms with Gasteiger partial charge in [-0.2, -0.15) is 0 Å². The van der Waals surface area contributed by atoms with Crippen molar-refractivity contribution in [3.05, 3.63) is 35.4 Å². The summed E-state index contributed by atoms with van der Waals surface area (Å²) in [5.41, 5.74) is 1.00. The fourth-order valence-corrected chi connectivity index (χ4v) is 1.34. The molecule has 0 heterocycles. The highest BCUT2D eigenvalue weighted by atomic mass is 16.5. The lowest BCUT2D eigenvalue weighted by Crippen LogP contribution is -2.05. The fraction of sp³-hybridized carbons (Fsp3) is 0.417. The van der Waals surface area contributed by atoms with Crippen LogP contribution in [0.3, 0.4) is 0 Å². The van der Waals surface area contributed by atoms with Gasteiger partial charge in [-0.05, 0) is 18.1 Å². The smallest absolute Gasteiger partial charge is 0.336 e. The van der Waals surface area contributed by atoms with Crippen LogP contribution in [0.4, 0.5) is 0 Å². The first-order valence-electron chi connectivity index (χ1n) is 5.13. The number of hydrogen-bond donors (Lipinski definition) is 1. The van der Waals surface area contributed by atoms with Gasteiger partial charge in [-0.15, -0.1) is 0 Å². The molecule has 0 fully saturated rings. The molecule has 0 aromatic heterocycles. The predicted molar refractivity (Wildman–Crippen MR) is 59.6 cm³/mol. The van der Waals surface area contributed by atoms with Crippen LogP contribution in [0.1, 0.15) is 22.3 Å². The minimum Gasteiger partial charge on any atom is -0.478 e. The number of carboxylic acids is 1. The quantitative estimate of drug-likeness (QED) is 0.719. The molecule has 0 aliphatic rings. The zero-order valence-electron chi connectivity index (χ0n) is 9.31. The first-order chi connectivity index (χ1) is 7.75. The van der Waals surface area contributed by atoms with E-state index in [0.717, 1.165) is 6.42 Å². The number of rotatable bonds is 7. The first kappa shape index (κ1) is 12.7. The maximum atomic E-state index is 10.9. The molecule has 0 unspecified atom stereocenters. The SMILES string of the molecule is COCCCOCc1ccccc1C(=O)O. The Kier molecular flexibility index (Phi) is 5.53. The van der Waals surface area contributed by atoms with E-state index in [1.54, 1.807) is 31.4 Å². The molecule has 0 radical (unpaired) electrons. The van der Waals surface area contributed by atoms with E-state index >= 15 is 0 Å². The van der Waals surface area contributed by atoms with Gasteiger partial charge in [-0.1, -0.05) is 18.2 Å². The molecule has 0 spiro atoms. The Labute approximate surface area is 94.8 Å². The van der Waals surface area contributed by atoms with Crippen molar-refractivity contribution < 1.29 is 19.4 Å². The number of hydrogen-bond acceptors (Lipinski definition) is 3. The molecule has 0 saturated carbocycles. The molecule has 0 saturated heterocycles. The van der Waals surface area contributed by atoms with Crippen LogP contribution < -0.4 is 0 Å². The number of carboxylic acid groups (broad SMARTS) is 1. The third-order valence-corrected chi connectivity index (χ3v) is 2.14. The molecule has 0 aliphatic carbocycles. The Morgan fingerprint density at radius 1 is 1.31 bits per heavy atom. The maximum absolute atomic E-state index is 10.9. The lowest BCUT2D eigenvalue weighted by molar-refractivity contribution is 0.0681. The van der Waals surface area contributed by atoms with E-state index in [1.165, 1.54) is 0 Å². The Morgan fingerprint density at radius 2 is 2.06 bits per heavy atom. The predicted octanol–water partition coefficient (Wildman–Crippen LogP) is 1.94. The lowest BCUT2D eigenvalue weighted by atomic mass is 10.1. The average molecular weight is 224 g/mol. The highest BCUT2D eigenvalue weighted by molar-refractivity contribution is 5.89. The largest absolute Gasteiger partial charge is 0.478 e. The van der Waals surface area contributed by atoms with Gasteiger partial charge in [0.25, 0.3) is 0 Å². The molecular weight excluding hydrogens is 208 g/mol. The van der Waals surface area contributed by atoms with E-state index in [-0.39, 0.29) is 0 Å². The molecule has 0 atom stereocenters. The number of benzene rings is 1. The van der Waals surface area contributed by atoms with Crippen molar-refractivity contribution in [3.8, 4) is 0 Å². The van der Waals surface area contributed by atoms with Crippen molar-refractivity contribution in [3.63, 3.8) is 0 Å². The molecule has 0 amide bonds. The van der Waals surface area contributed by atoms with Gasteiger partial charge in [0, 0.05) is 20.3 Å². The van der Waals surface area contributed by atoms with Crippen molar-refractivity contribution in [2.45, 2.75) is 13.0 Å². The summed E-state index contributed by atoms with van der Waals surface area (Å²) in [6.45, 7) is 1.55. The summed E-state index contributed by atoms with van der Waals surface area (Å²) in [4.78, 5) is 10.9. The highest BCUT2D eigenvalue weighted by Gasteiger charge is 2.08. The lowest BCUT2D eigenvalue weighted by Gasteiger charge is -2.06. The van der Waals surface area contributed by atoms with E-state index in [2.05, 4.69) is 0 Å². The average Bonchev–Trinajstić information content (AvgIpc) is 2.29. The Morgan fingerprint density at radius 3 is 2.75 bits per heavy atom. The van der Waals surface area contributed by atoms with Gasteiger partial charge in [-0.3, -0.25) is 0 Å². The van der Waals surface area contributed by atoms with E-state index in [0.29, 0.717) is 30.9 Å². The highest BCUT2D eigenvalue weighted by Crippen LogP contribution is 2.10. The Balaban J connectivity index is 2.44. The molecule has 0 aliphatic heterocycles. The number of methoxy groups -OCH3 is 1. The number of aromatic carboxylic acids is 1. The summed E-state index contributed by atoms with van der Waals surface area (Å²) in [7, 11) is 1.64. The molecule has 1 N–H and O–H groups in total. The molecule has 1 aromatic rings. The van der Waals surface area contributed by atoms with Crippen molar-refractivity contribution in [1.29, 1.82) is 0 Å². The fourth-order valence-electron chi connectivity index (χ4n) is 1.34. The van der Waals surface area contributed by atoms with Crippen LogP contribution in [0, 0.1) is 0 Å². The molecule has 4 heteroatoms. The topological polar surface area (TPSA) is 55.8 Å². The number of carbonyl (C=O) groups is 1. The van der Waals surface area contributed by atoms with Crippen molar-refractivity contribution >= 4 is 5.97 Å². The summed E-state index contributed by atoms with van der Waals surface area (Å²) >= 11 is 0. The van der Waals surface area contributed by atoms with E-state index < -0.39 is 5.97 Å². The zero-order chi connectivity index (χ0) is 11.8. The summed E-state index contributed by atoms with van der Waals surface area (Å²) in [6, 6.07) is 6.86. The van der Waals surface area contributed by atoms with Gasteiger partial charge >= 0.3 is 5.97 Å². The van der Waals surface area contributed by atoms with Crippen molar-refractivity contribution in [2.75, 3.05) is 20.3 Å². The van der Waals surface area contributed by atoms with Gasteiger partial charge in [-0.25, -0.2) is 4.79 Å². The molecule has 0 bridgehead atoms. The van der Waals surface area contributed by atoms with Crippen molar-refractivity contribution in [1.82, 2.24) is 0 Å². The van der Waals surface area contributed by atoms with E-state index in [9.17, 15) is 4.79 Å². The van der Waals surface area contributed by atoms with Crippen LogP contribution in [0.25, 0.3) is 0 Å². The summed E-state index contributed by atoms with van der Waals surface area (Å²) in [5.74, 6) is -0.920. The number of ether oxygens (including phenoxy) is 2. The van der Waals surface area contributed by atoms with Crippen LogP contribution in [0.2, 0.25) is 0 Å². The van der Waals surface area contributed by atoms with Gasteiger partial charge < -0.3 is 14.6 Å². The third-order valence-electron chi connectivity index (χ3n) is 2.14. The minimum atomic E-state index is -0.920. The zero-order valence-corrected chi connectivity index (χ0v) is 9.31. The molecule has 16 heavy (non-hydrogen) atoms. The molecule has 4 nitrogen and oxygen atoms in total. The normalized spacial score (nSPS) is 10.3. The summed E-state index contributed by atoms with van der Waals surface area (Å²) in [6.07, 6.45) is 0.811. The van der Waals surface area contributed by atoms with Crippen LogP contribution in [0.15, 0.2) is 24.3 Å². The summed E-state index contributed by atoms with van der Waals surface area (Å²) in [5, 5.41) is 8.93. The van der Waals surface area contributed by atoms with E-state index in [4.69, 9.17) is 14.6 Å². The van der Waals surface area contributed by atoms with Gasteiger partial charge in [0.15, 0.2) is 0 Å². The van der Waals surface area contributed by atoms with Crippen molar-refractivity contribution in [2.24, 2.45) is 0 Å². The maximum Gasteiger partial charge on any atom is 0.336 e. The van der Waals surface area contributed by atoms with Gasteiger partial charge in [0.2, 0.25) is 0 Å². The van der Waals surface area contributed by atoms with E-state index in [1.807, 2.05) is 0 Å². The third kappa shape index (κ3) is 4.00. The summed E-state index contributed by atoms with van der Waals surface area (Å²) < 4.78 is 10.3. The Hall–Kier alpha value is -1.39. The van der Waals surface area contributed by atoms with Gasteiger partial charge in [0.1, 0.15) is 0 Å². The second-order valence-corrected chi connectivity index (χ2v) is 3.36. The Bertz CT molecular complexity index is 336. The van der Waals surface area contributed by atoms with Crippen LogP contribution >= 0.6 is 0 Å². The first-order valence-corrected chi connectivity index (χ1v) is 5.13. The molecule has 88 valence electrons. The second-order valence-electron chi connectivity index (χ2n) is 3.36. The molecular formula is C12H16O4. The minimum absolute atomic E-state index is 0.300. The standard InChI is InChI=1S/C12H16O4/c1-15-7-4-8-16-9-10-5-2-3-6-11(10)12(13)14/h2-3,5-6H,4,7-9H2,1H3,(H,13,14). The van der Waals surface area contributed by atoms with Gasteiger partial charge in [0.05, 0.1) is 12.2 Å². The van der Waals surface area contributed by atoms with Crippen LogP contribution in [-0.2, 0) is 16.1 Å². The molecule has 1 rings (SSSR count). The molecule has 1 aromatic carbocycles. The second kappa shape index (κ2) is 6.98. The van der Waals surface area contributed by atoms with Crippen LogP contribution in [-0.4, -0.2) is 31.4 Å².